The first-order valence-electron chi connectivity index (χ1n) is 8.70. The van der Waals surface area contributed by atoms with Crippen molar-refractivity contribution in [3.8, 4) is 0 Å². The molecule has 0 bridgehead atoms. The molecule has 0 aromatic heterocycles. The summed E-state index contributed by atoms with van der Waals surface area (Å²) in [5.41, 5.74) is 0.313. The summed E-state index contributed by atoms with van der Waals surface area (Å²) in [4.78, 5) is 2.68. The summed E-state index contributed by atoms with van der Waals surface area (Å²) in [5.74, 6) is 0. The third kappa shape index (κ3) is 4.44. The Hall–Kier alpha value is -0.120. The van der Waals surface area contributed by atoms with Crippen molar-refractivity contribution in [3.63, 3.8) is 0 Å². The maximum atomic E-state index is 5.99. The molecule has 120 valence electrons. The zero-order chi connectivity index (χ0) is 15.0. The van der Waals surface area contributed by atoms with E-state index in [0.717, 1.165) is 26.2 Å². The molecule has 0 spiro atoms. The minimum Gasteiger partial charge on any atom is -0.377 e. The van der Waals surface area contributed by atoms with Gasteiger partial charge in [0.25, 0.3) is 0 Å². The van der Waals surface area contributed by atoms with Crippen molar-refractivity contribution >= 4 is 0 Å². The van der Waals surface area contributed by atoms with Crippen LogP contribution in [0.25, 0.3) is 0 Å². The van der Waals surface area contributed by atoms with Crippen LogP contribution in [0.2, 0.25) is 0 Å². The summed E-state index contributed by atoms with van der Waals surface area (Å²) in [6, 6.07) is 0.465. The van der Waals surface area contributed by atoms with Crippen LogP contribution in [0, 0.1) is 0 Å². The highest BCUT2D eigenvalue weighted by molar-refractivity contribution is 5.03. The van der Waals surface area contributed by atoms with Gasteiger partial charge in [0.1, 0.15) is 0 Å². The first-order valence-corrected chi connectivity index (χ1v) is 8.70. The molecule has 1 aliphatic carbocycles. The quantitative estimate of drug-likeness (QED) is 0.665. The van der Waals surface area contributed by atoms with Gasteiger partial charge in [-0.05, 0) is 52.7 Å². The molecule has 1 aliphatic rings. The lowest BCUT2D eigenvalue weighted by molar-refractivity contribution is -0.00601. The van der Waals surface area contributed by atoms with Gasteiger partial charge in [0.15, 0.2) is 0 Å². The van der Waals surface area contributed by atoms with Gasteiger partial charge in [-0.1, -0.05) is 33.6 Å². The summed E-state index contributed by atoms with van der Waals surface area (Å²) < 4.78 is 5.99. The van der Waals surface area contributed by atoms with Crippen LogP contribution in [0.4, 0.5) is 0 Å². The molecule has 1 saturated carbocycles. The summed E-state index contributed by atoms with van der Waals surface area (Å²) in [6.07, 6.45) is 6.86. The van der Waals surface area contributed by atoms with Gasteiger partial charge in [-0.15, -0.1) is 0 Å². The number of rotatable bonds is 10. The number of nitrogens with one attached hydrogen (secondary N) is 1. The molecule has 3 nitrogen and oxygen atoms in total. The van der Waals surface area contributed by atoms with Crippen LogP contribution in [-0.2, 0) is 4.74 Å². The van der Waals surface area contributed by atoms with Crippen LogP contribution in [0.3, 0.4) is 0 Å². The first-order chi connectivity index (χ1) is 9.60. The molecule has 0 aromatic carbocycles. The lowest BCUT2D eigenvalue weighted by Gasteiger charge is -2.46. The molecule has 20 heavy (non-hydrogen) atoms. The van der Waals surface area contributed by atoms with Crippen LogP contribution in [0.15, 0.2) is 0 Å². The zero-order valence-electron chi connectivity index (χ0n) is 14.4. The fraction of sp³-hybridized carbons (Fsp3) is 1.00. The minimum absolute atomic E-state index is 0.313. The molecular weight excluding hydrogens is 248 g/mol. The highest BCUT2D eigenvalue weighted by Gasteiger charge is 2.44. The van der Waals surface area contributed by atoms with Crippen molar-refractivity contribution in [1.29, 1.82) is 0 Å². The lowest BCUT2D eigenvalue weighted by Crippen LogP contribution is -2.61. The fourth-order valence-corrected chi connectivity index (χ4v) is 3.74. The molecule has 3 heteroatoms. The number of nitrogens with zero attached hydrogens (tertiary/aromatic N) is 1. The van der Waals surface area contributed by atoms with E-state index in [1.165, 1.54) is 32.1 Å². The average Bonchev–Trinajstić information content (AvgIpc) is 2.90. The molecular formula is C17H36N2O. The monoisotopic (exact) mass is 284 g/mol. The van der Waals surface area contributed by atoms with Gasteiger partial charge in [-0.3, -0.25) is 4.90 Å². The maximum Gasteiger partial charge on any atom is 0.0641 e. The van der Waals surface area contributed by atoms with E-state index in [1.807, 2.05) is 0 Å². The predicted molar refractivity (Wildman–Crippen MR) is 87.3 cm³/mol. The first kappa shape index (κ1) is 17.9. The third-order valence-electron chi connectivity index (χ3n) is 4.75. The van der Waals surface area contributed by atoms with E-state index >= 15 is 0 Å². The van der Waals surface area contributed by atoms with Crippen molar-refractivity contribution in [2.75, 3.05) is 26.2 Å². The van der Waals surface area contributed by atoms with Gasteiger partial charge in [-0.2, -0.15) is 0 Å². The van der Waals surface area contributed by atoms with E-state index in [0.29, 0.717) is 17.7 Å². The van der Waals surface area contributed by atoms with Gasteiger partial charge in [0.05, 0.1) is 12.7 Å². The normalized spacial score (nSPS) is 19.9. The number of likely N-dealkylation sites (N-methyl/N-ethyl adjacent to an activating group) is 1. The maximum absolute atomic E-state index is 5.99. The fourth-order valence-electron chi connectivity index (χ4n) is 3.74. The predicted octanol–water partition coefficient (Wildman–Crippen LogP) is 3.43. The summed E-state index contributed by atoms with van der Waals surface area (Å²) >= 11 is 0. The number of hydrogen-bond acceptors (Lipinski definition) is 3. The molecule has 1 N–H and O–H groups in total. The third-order valence-corrected chi connectivity index (χ3v) is 4.75. The summed E-state index contributed by atoms with van der Waals surface area (Å²) in [5, 5.41) is 3.79. The Labute approximate surface area is 126 Å². The Morgan fingerprint density at radius 1 is 1.10 bits per heavy atom. The molecule has 1 fully saturated rings. The van der Waals surface area contributed by atoms with Gasteiger partial charge < -0.3 is 10.1 Å². The van der Waals surface area contributed by atoms with Gasteiger partial charge in [0.2, 0.25) is 0 Å². The SMILES string of the molecule is CCCNC(COC(C)C)C1(N(CC)CC)CCCC1. The molecule has 0 amide bonds. The summed E-state index contributed by atoms with van der Waals surface area (Å²) in [6.45, 7) is 15.3. The number of hydrogen-bond donors (Lipinski definition) is 1. The van der Waals surface area contributed by atoms with E-state index < -0.39 is 0 Å². The lowest BCUT2D eigenvalue weighted by atomic mass is 9.86. The largest absolute Gasteiger partial charge is 0.377 e. The molecule has 0 radical (unpaired) electrons. The molecule has 1 unspecified atom stereocenters. The molecule has 0 heterocycles. The zero-order valence-corrected chi connectivity index (χ0v) is 14.4. The van der Waals surface area contributed by atoms with E-state index in [4.69, 9.17) is 4.74 Å². The average molecular weight is 284 g/mol. The summed E-state index contributed by atoms with van der Waals surface area (Å²) in [7, 11) is 0. The second-order valence-corrected chi connectivity index (χ2v) is 6.37. The molecule has 0 aromatic rings. The molecule has 1 rings (SSSR count). The van der Waals surface area contributed by atoms with Gasteiger partial charge >= 0.3 is 0 Å². The van der Waals surface area contributed by atoms with Crippen LogP contribution in [0.5, 0.6) is 0 Å². The van der Waals surface area contributed by atoms with Crippen LogP contribution < -0.4 is 5.32 Å². The minimum atomic E-state index is 0.313. The van der Waals surface area contributed by atoms with E-state index in [2.05, 4.69) is 44.8 Å². The van der Waals surface area contributed by atoms with Crippen molar-refractivity contribution in [1.82, 2.24) is 10.2 Å². The van der Waals surface area contributed by atoms with E-state index in [1.54, 1.807) is 0 Å². The van der Waals surface area contributed by atoms with E-state index in [-0.39, 0.29) is 0 Å². The van der Waals surface area contributed by atoms with Crippen LogP contribution >= 0.6 is 0 Å². The van der Waals surface area contributed by atoms with Crippen molar-refractivity contribution in [2.24, 2.45) is 0 Å². The molecule has 0 aliphatic heterocycles. The Morgan fingerprint density at radius 2 is 1.70 bits per heavy atom. The highest BCUT2D eigenvalue weighted by Crippen LogP contribution is 2.38. The van der Waals surface area contributed by atoms with Gasteiger partial charge in [-0.25, -0.2) is 0 Å². The van der Waals surface area contributed by atoms with Crippen LogP contribution in [0.1, 0.15) is 66.7 Å². The van der Waals surface area contributed by atoms with E-state index in [9.17, 15) is 0 Å². The second-order valence-electron chi connectivity index (χ2n) is 6.37. The van der Waals surface area contributed by atoms with Crippen molar-refractivity contribution in [2.45, 2.75) is 84.4 Å². The Bertz CT molecular complexity index is 245. The highest BCUT2D eigenvalue weighted by atomic mass is 16.5. The van der Waals surface area contributed by atoms with Crippen LogP contribution in [-0.4, -0.2) is 48.8 Å². The van der Waals surface area contributed by atoms with Crippen molar-refractivity contribution < 1.29 is 4.74 Å². The van der Waals surface area contributed by atoms with Gasteiger partial charge in [0, 0.05) is 11.6 Å². The van der Waals surface area contributed by atoms with Crippen molar-refractivity contribution in [3.05, 3.63) is 0 Å². The Balaban J connectivity index is 2.84. The number of ether oxygens (including phenoxy) is 1. The Morgan fingerprint density at radius 3 is 2.15 bits per heavy atom. The molecule has 0 saturated heterocycles. The molecule has 1 atom stereocenters. The second kappa shape index (κ2) is 9.01. The topological polar surface area (TPSA) is 24.5 Å². The Kier molecular flexibility index (Phi) is 8.08. The standard InChI is InChI=1S/C17H36N2O/c1-6-13-18-16(14-20-15(4)5)17(11-9-10-12-17)19(7-2)8-3/h15-16,18H,6-14H2,1-5H3. The smallest absolute Gasteiger partial charge is 0.0641 e.